The Hall–Kier alpha value is -2.34. The largest absolute Gasteiger partial charge is 0.493 e. The van der Waals surface area contributed by atoms with Gasteiger partial charge < -0.3 is 14.0 Å². The second-order valence-corrected chi connectivity index (χ2v) is 5.27. The van der Waals surface area contributed by atoms with Crippen LogP contribution in [0.2, 0.25) is 0 Å². The molecule has 0 amide bonds. The molecule has 0 unspecified atom stereocenters. The van der Waals surface area contributed by atoms with Crippen molar-refractivity contribution in [3.05, 3.63) is 35.3 Å². The summed E-state index contributed by atoms with van der Waals surface area (Å²) < 4.78 is 16.0. The molecule has 0 aliphatic carbocycles. The van der Waals surface area contributed by atoms with Crippen molar-refractivity contribution in [2.45, 2.75) is 6.92 Å². The Kier molecular flexibility index (Phi) is 3.62. The minimum Gasteiger partial charge on any atom is -0.493 e. The third kappa shape index (κ3) is 2.50. The second-order valence-electron chi connectivity index (χ2n) is 4.41. The number of hydrogen-bond acceptors (Lipinski definition) is 6. The summed E-state index contributed by atoms with van der Waals surface area (Å²) >= 11 is 1.52. The van der Waals surface area contributed by atoms with Crippen molar-refractivity contribution >= 4 is 11.3 Å². The van der Waals surface area contributed by atoms with Crippen LogP contribution in [-0.2, 0) is 0 Å². The topological polar surface area (TPSA) is 57.4 Å². The van der Waals surface area contributed by atoms with E-state index in [9.17, 15) is 0 Å². The van der Waals surface area contributed by atoms with Crippen molar-refractivity contribution < 1.29 is 14.0 Å². The van der Waals surface area contributed by atoms with Gasteiger partial charge in [0.05, 0.1) is 25.5 Å². The van der Waals surface area contributed by atoms with Crippen molar-refractivity contribution in [2.75, 3.05) is 14.2 Å². The maximum absolute atomic E-state index is 5.45. The zero-order valence-electron chi connectivity index (χ0n) is 11.9. The highest BCUT2D eigenvalue weighted by Crippen LogP contribution is 2.40. The summed E-state index contributed by atoms with van der Waals surface area (Å²) in [4.78, 5) is 4.60. The molecule has 0 saturated heterocycles. The summed E-state index contributed by atoms with van der Waals surface area (Å²) in [6.07, 6.45) is 0. The van der Waals surface area contributed by atoms with E-state index in [0.717, 1.165) is 22.0 Å². The second kappa shape index (κ2) is 5.57. The lowest BCUT2D eigenvalue weighted by Crippen LogP contribution is -1.92. The fourth-order valence-electron chi connectivity index (χ4n) is 2.05. The van der Waals surface area contributed by atoms with E-state index in [1.165, 1.54) is 11.3 Å². The van der Waals surface area contributed by atoms with Gasteiger partial charge in [0, 0.05) is 11.4 Å². The van der Waals surface area contributed by atoms with Crippen LogP contribution < -0.4 is 9.47 Å². The molecule has 2 heterocycles. The average Bonchev–Trinajstić information content (AvgIpc) is 3.14. The molecule has 0 aliphatic heterocycles. The Bertz CT molecular complexity index is 764. The minimum atomic E-state index is 0.664. The van der Waals surface area contributed by atoms with Gasteiger partial charge in [-0.3, -0.25) is 0 Å². The first-order valence-corrected chi connectivity index (χ1v) is 7.21. The molecule has 2 aromatic heterocycles. The first-order valence-electron chi connectivity index (χ1n) is 6.33. The number of aryl methyl sites for hydroxylation is 1. The molecule has 6 heteroatoms. The van der Waals surface area contributed by atoms with Crippen LogP contribution in [0.3, 0.4) is 0 Å². The number of aromatic nitrogens is 2. The molecule has 0 radical (unpaired) electrons. The fraction of sp³-hybridized carbons (Fsp3) is 0.200. The third-order valence-electron chi connectivity index (χ3n) is 3.02. The number of nitrogens with zero attached hydrogens (tertiary/aromatic N) is 2. The molecule has 0 atom stereocenters. The predicted octanol–water partition coefficient (Wildman–Crippen LogP) is 3.79. The first kappa shape index (κ1) is 13.6. The van der Waals surface area contributed by atoms with E-state index in [4.69, 9.17) is 14.0 Å². The zero-order chi connectivity index (χ0) is 14.8. The van der Waals surface area contributed by atoms with Crippen LogP contribution in [0.5, 0.6) is 11.5 Å². The lowest BCUT2D eigenvalue weighted by atomic mass is 10.2. The van der Waals surface area contributed by atoms with Crippen LogP contribution >= 0.6 is 11.3 Å². The molecule has 5 nitrogen and oxygen atoms in total. The minimum absolute atomic E-state index is 0.664. The van der Waals surface area contributed by atoms with E-state index in [0.29, 0.717) is 17.3 Å². The normalized spacial score (nSPS) is 10.6. The van der Waals surface area contributed by atoms with Gasteiger partial charge in [-0.15, -0.1) is 11.3 Å². The van der Waals surface area contributed by atoms with Gasteiger partial charge in [0.25, 0.3) is 0 Å². The Morgan fingerprint density at radius 1 is 1.19 bits per heavy atom. The molecule has 3 aromatic rings. The SMILES string of the molecule is COc1cccc(-c2nc(-c3cc(C)no3)cs2)c1OC. The van der Waals surface area contributed by atoms with Gasteiger partial charge in [0.2, 0.25) is 0 Å². The van der Waals surface area contributed by atoms with Crippen molar-refractivity contribution in [1.29, 1.82) is 0 Å². The van der Waals surface area contributed by atoms with Crippen molar-refractivity contribution in [1.82, 2.24) is 10.1 Å². The van der Waals surface area contributed by atoms with Crippen LogP contribution in [0.15, 0.2) is 34.2 Å². The molecule has 21 heavy (non-hydrogen) atoms. The fourth-order valence-corrected chi connectivity index (χ4v) is 2.88. The lowest BCUT2D eigenvalue weighted by molar-refractivity contribution is 0.356. The average molecular weight is 302 g/mol. The number of thiazole rings is 1. The van der Waals surface area contributed by atoms with Gasteiger partial charge in [-0.25, -0.2) is 4.98 Å². The highest BCUT2D eigenvalue weighted by Gasteiger charge is 2.16. The van der Waals surface area contributed by atoms with Crippen LogP contribution in [0, 0.1) is 6.92 Å². The number of benzene rings is 1. The summed E-state index contributed by atoms with van der Waals surface area (Å²) in [5.41, 5.74) is 2.49. The lowest BCUT2D eigenvalue weighted by Gasteiger charge is -2.10. The number of ether oxygens (including phenoxy) is 2. The third-order valence-corrected chi connectivity index (χ3v) is 3.89. The van der Waals surface area contributed by atoms with Crippen LogP contribution in [0.4, 0.5) is 0 Å². The van der Waals surface area contributed by atoms with Crippen LogP contribution in [0.1, 0.15) is 5.69 Å². The molecule has 0 aliphatic rings. The van der Waals surface area contributed by atoms with Gasteiger partial charge in [-0.05, 0) is 19.1 Å². The van der Waals surface area contributed by atoms with E-state index in [1.54, 1.807) is 14.2 Å². The molecule has 0 fully saturated rings. The number of hydrogen-bond donors (Lipinski definition) is 0. The predicted molar refractivity (Wildman–Crippen MR) is 80.9 cm³/mol. The molecule has 0 bridgehead atoms. The molecule has 0 spiro atoms. The molecular weight excluding hydrogens is 288 g/mol. The summed E-state index contributed by atoms with van der Waals surface area (Å²) in [6.45, 7) is 1.88. The summed E-state index contributed by atoms with van der Waals surface area (Å²) in [7, 11) is 3.24. The van der Waals surface area contributed by atoms with Crippen LogP contribution in [-0.4, -0.2) is 24.4 Å². The van der Waals surface area contributed by atoms with E-state index in [1.807, 2.05) is 36.6 Å². The molecule has 0 saturated carbocycles. The first-order chi connectivity index (χ1) is 10.2. The van der Waals surface area contributed by atoms with Gasteiger partial charge in [0.15, 0.2) is 17.3 Å². The zero-order valence-corrected chi connectivity index (χ0v) is 12.7. The van der Waals surface area contributed by atoms with Gasteiger partial charge >= 0.3 is 0 Å². The number of para-hydroxylation sites is 1. The van der Waals surface area contributed by atoms with E-state index < -0.39 is 0 Å². The molecule has 1 aromatic carbocycles. The molecular formula is C15H14N2O3S. The monoisotopic (exact) mass is 302 g/mol. The molecule has 108 valence electrons. The molecule has 0 N–H and O–H groups in total. The number of methoxy groups -OCH3 is 2. The van der Waals surface area contributed by atoms with Gasteiger partial charge in [-0.1, -0.05) is 11.2 Å². The standard InChI is InChI=1S/C15H14N2O3S/c1-9-7-13(20-17-9)11-8-21-15(16-11)10-5-4-6-12(18-2)14(10)19-3/h4-8H,1-3H3. The Labute approximate surface area is 126 Å². The summed E-state index contributed by atoms with van der Waals surface area (Å²) in [6, 6.07) is 7.59. The smallest absolute Gasteiger partial charge is 0.186 e. The van der Waals surface area contributed by atoms with Crippen LogP contribution in [0.25, 0.3) is 22.0 Å². The quantitative estimate of drug-likeness (QED) is 0.734. The van der Waals surface area contributed by atoms with E-state index in [-0.39, 0.29) is 0 Å². The number of rotatable bonds is 4. The Morgan fingerprint density at radius 2 is 2.05 bits per heavy atom. The maximum atomic E-state index is 5.45. The Balaban J connectivity index is 2.04. The van der Waals surface area contributed by atoms with Crippen molar-refractivity contribution in [3.8, 4) is 33.5 Å². The van der Waals surface area contributed by atoms with Crippen molar-refractivity contribution in [2.24, 2.45) is 0 Å². The van der Waals surface area contributed by atoms with Crippen molar-refractivity contribution in [3.63, 3.8) is 0 Å². The maximum Gasteiger partial charge on any atom is 0.186 e. The summed E-state index contributed by atoms with van der Waals surface area (Å²) in [5.74, 6) is 2.02. The van der Waals surface area contributed by atoms with Gasteiger partial charge in [0.1, 0.15) is 10.7 Å². The molecule has 3 rings (SSSR count). The van der Waals surface area contributed by atoms with E-state index >= 15 is 0 Å². The Morgan fingerprint density at radius 3 is 2.71 bits per heavy atom. The van der Waals surface area contributed by atoms with E-state index in [2.05, 4.69) is 10.1 Å². The summed E-state index contributed by atoms with van der Waals surface area (Å²) in [5, 5.41) is 6.66. The highest BCUT2D eigenvalue weighted by atomic mass is 32.1. The van der Waals surface area contributed by atoms with Gasteiger partial charge in [-0.2, -0.15) is 0 Å². The highest BCUT2D eigenvalue weighted by molar-refractivity contribution is 7.13.